The average molecular weight is 381 g/mol. The van der Waals surface area contributed by atoms with Crippen molar-refractivity contribution in [2.24, 2.45) is 0 Å². The lowest BCUT2D eigenvalue weighted by Crippen LogP contribution is -2.34. The van der Waals surface area contributed by atoms with Crippen LogP contribution in [0.25, 0.3) is 0 Å². The van der Waals surface area contributed by atoms with Gasteiger partial charge >= 0.3 is 0 Å². The van der Waals surface area contributed by atoms with Crippen LogP contribution in [0, 0.1) is 0 Å². The first kappa shape index (κ1) is 18.9. The summed E-state index contributed by atoms with van der Waals surface area (Å²) in [5, 5.41) is 4.47. The van der Waals surface area contributed by atoms with Gasteiger partial charge < -0.3 is 10.2 Å². The summed E-state index contributed by atoms with van der Waals surface area (Å²) in [7, 11) is -1.78. The van der Waals surface area contributed by atoms with E-state index in [-0.39, 0.29) is 24.1 Å². The molecule has 0 unspecified atom stereocenters. The highest BCUT2D eigenvalue weighted by atomic mass is 32.2. The van der Waals surface area contributed by atoms with Crippen molar-refractivity contribution in [3.8, 4) is 0 Å². The molecule has 1 aromatic carbocycles. The van der Waals surface area contributed by atoms with Crippen LogP contribution < -0.4 is 10.0 Å². The zero-order valence-corrected chi connectivity index (χ0v) is 15.5. The molecule has 0 fully saturated rings. The first-order valence-corrected chi connectivity index (χ1v) is 10.0. The Morgan fingerprint density at radius 3 is 2.32 bits per heavy atom. The SMILES string of the molecule is CCS(=O)(=O)Nc1ccc(NC(=O)CN(C)C(=O)c2cccs2)cc1. The highest BCUT2D eigenvalue weighted by molar-refractivity contribution is 7.92. The molecule has 0 saturated carbocycles. The molecule has 2 aromatic rings. The minimum Gasteiger partial charge on any atom is -0.332 e. The summed E-state index contributed by atoms with van der Waals surface area (Å²) < 4.78 is 25.4. The lowest BCUT2D eigenvalue weighted by molar-refractivity contribution is -0.116. The van der Waals surface area contributed by atoms with Gasteiger partial charge in [-0.1, -0.05) is 6.07 Å². The van der Waals surface area contributed by atoms with Crippen LogP contribution in [0.1, 0.15) is 16.6 Å². The molecule has 2 rings (SSSR count). The van der Waals surface area contributed by atoms with E-state index in [0.29, 0.717) is 16.3 Å². The molecule has 25 heavy (non-hydrogen) atoms. The van der Waals surface area contributed by atoms with Crippen molar-refractivity contribution < 1.29 is 18.0 Å². The number of thiophene rings is 1. The summed E-state index contributed by atoms with van der Waals surface area (Å²) in [6.07, 6.45) is 0. The summed E-state index contributed by atoms with van der Waals surface area (Å²) in [6, 6.07) is 9.78. The second kappa shape index (κ2) is 8.13. The number of nitrogens with one attached hydrogen (secondary N) is 2. The summed E-state index contributed by atoms with van der Waals surface area (Å²) in [6.45, 7) is 1.46. The molecule has 0 aliphatic heterocycles. The van der Waals surface area contributed by atoms with Crippen molar-refractivity contribution in [3.05, 3.63) is 46.7 Å². The molecule has 0 spiro atoms. The minimum atomic E-state index is -3.34. The predicted molar refractivity (Wildman–Crippen MR) is 99.4 cm³/mol. The van der Waals surface area contributed by atoms with Crippen LogP contribution in [-0.2, 0) is 14.8 Å². The number of rotatable bonds is 7. The van der Waals surface area contributed by atoms with E-state index in [4.69, 9.17) is 0 Å². The van der Waals surface area contributed by atoms with Crippen molar-refractivity contribution in [1.82, 2.24) is 4.90 Å². The Kier molecular flexibility index (Phi) is 6.16. The monoisotopic (exact) mass is 381 g/mol. The van der Waals surface area contributed by atoms with Gasteiger partial charge in [0.15, 0.2) is 0 Å². The molecule has 1 aromatic heterocycles. The Bertz CT molecular complexity index is 831. The van der Waals surface area contributed by atoms with Gasteiger partial charge in [0.2, 0.25) is 15.9 Å². The maximum Gasteiger partial charge on any atom is 0.264 e. The summed E-state index contributed by atoms with van der Waals surface area (Å²) in [4.78, 5) is 26.0. The van der Waals surface area contributed by atoms with Gasteiger partial charge in [0.1, 0.15) is 0 Å². The van der Waals surface area contributed by atoms with Gasteiger partial charge in [-0.15, -0.1) is 11.3 Å². The maximum absolute atomic E-state index is 12.1. The highest BCUT2D eigenvalue weighted by Gasteiger charge is 2.15. The molecule has 0 aliphatic rings. The first-order chi connectivity index (χ1) is 11.8. The molecule has 0 atom stereocenters. The fourth-order valence-electron chi connectivity index (χ4n) is 1.95. The van der Waals surface area contributed by atoms with Crippen LogP contribution in [0.15, 0.2) is 41.8 Å². The fourth-order valence-corrected chi connectivity index (χ4v) is 3.31. The summed E-state index contributed by atoms with van der Waals surface area (Å²) in [5.41, 5.74) is 0.936. The Balaban J connectivity index is 1.91. The zero-order valence-electron chi connectivity index (χ0n) is 13.9. The van der Waals surface area contributed by atoms with Crippen LogP contribution in [-0.4, -0.2) is 44.5 Å². The number of benzene rings is 1. The van der Waals surface area contributed by atoms with Crippen molar-refractivity contribution in [3.63, 3.8) is 0 Å². The van der Waals surface area contributed by atoms with Crippen LogP contribution in [0.3, 0.4) is 0 Å². The van der Waals surface area contributed by atoms with E-state index in [0.717, 1.165) is 0 Å². The van der Waals surface area contributed by atoms with E-state index in [1.807, 2.05) is 0 Å². The third-order valence-electron chi connectivity index (χ3n) is 3.28. The van der Waals surface area contributed by atoms with E-state index in [1.54, 1.807) is 55.7 Å². The van der Waals surface area contributed by atoms with E-state index in [1.165, 1.54) is 16.2 Å². The predicted octanol–water partition coefficient (Wildman–Crippen LogP) is 2.22. The van der Waals surface area contributed by atoms with E-state index in [2.05, 4.69) is 10.0 Å². The lowest BCUT2D eigenvalue weighted by Gasteiger charge is -2.16. The van der Waals surface area contributed by atoms with Crippen LogP contribution >= 0.6 is 11.3 Å². The van der Waals surface area contributed by atoms with E-state index in [9.17, 15) is 18.0 Å². The third kappa shape index (κ3) is 5.57. The molecular weight excluding hydrogens is 362 g/mol. The van der Waals surface area contributed by atoms with Crippen molar-refractivity contribution in [2.45, 2.75) is 6.92 Å². The second-order valence-electron chi connectivity index (χ2n) is 5.27. The van der Waals surface area contributed by atoms with Gasteiger partial charge in [0, 0.05) is 18.4 Å². The highest BCUT2D eigenvalue weighted by Crippen LogP contribution is 2.15. The van der Waals surface area contributed by atoms with Gasteiger partial charge in [-0.05, 0) is 42.6 Å². The number of likely N-dealkylation sites (N-methyl/N-ethyl adjacent to an activating group) is 1. The molecule has 0 aliphatic carbocycles. The standard InChI is InChI=1S/C16H19N3O4S2/c1-3-25(22,23)18-13-8-6-12(7-9-13)17-15(20)11-19(2)16(21)14-5-4-10-24-14/h4-10,18H,3,11H2,1-2H3,(H,17,20). The summed E-state index contributed by atoms with van der Waals surface area (Å²) >= 11 is 1.32. The van der Waals surface area contributed by atoms with Gasteiger partial charge in [0.05, 0.1) is 17.2 Å². The Morgan fingerprint density at radius 1 is 1.12 bits per heavy atom. The molecule has 2 amide bonds. The second-order valence-corrected chi connectivity index (χ2v) is 8.23. The molecule has 2 N–H and O–H groups in total. The van der Waals surface area contributed by atoms with Crippen molar-refractivity contribution in [2.75, 3.05) is 29.4 Å². The van der Waals surface area contributed by atoms with Crippen LogP contribution in [0.2, 0.25) is 0 Å². The Hall–Kier alpha value is -2.39. The maximum atomic E-state index is 12.1. The molecule has 9 heteroatoms. The molecule has 1 heterocycles. The third-order valence-corrected chi connectivity index (χ3v) is 5.45. The normalized spacial score (nSPS) is 11.0. The lowest BCUT2D eigenvalue weighted by atomic mass is 10.3. The number of carbonyl (C=O) groups is 2. The molecule has 7 nitrogen and oxygen atoms in total. The zero-order chi connectivity index (χ0) is 18.4. The quantitative estimate of drug-likeness (QED) is 0.769. The van der Waals surface area contributed by atoms with Gasteiger partial charge in [0.25, 0.3) is 5.91 Å². The van der Waals surface area contributed by atoms with Crippen LogP contribution in [0.4, 0.5) is 11.4 Å². The number of hydrogen-bond donors (Lipinski definition) is 2. The number of anilines is 2. The molecule has 0 radical (unpaired) electrons. The fraction of sp³-hybridized carbons (Fsp3) is 0.250. The Morgan fingerprint density at radius 2 is 1.76 bits per heavy atom. The number of sulfonamides is 1. The Labute approximate surface area is 150 Å². The number of hydrogen-bond acceptors (Lipinski definition) is 5. The van der Waals surface area contributed by atoms with Gasteiger partial charge in [-0.25, -0.2) is 8.42 Å². The molecular formula is C16H19N3O4S2. The van der Waals surface area contributed by atoms with Crippen molar-refractivity contribution in [1.29, 1.82) is 0 Å². The van der Waals surface area contributed by atoms with E-state index >= 15 is 0 Å². The minimum absolute atomic E-state index is 0.0178. The van der Waals surface area contributed by atoms with Gasteiger partial charge in [-0.2, -0.15) is 0 Å². The molecule has 0 bridgehead atoms. The average Bonchev–Trinajstić information content (AvgIpc) is 3.10. The topological polar surface area (TPSA) is 95.6 Å². The van der Waals surface area contributed by atoms with E-state index < -0.39 is 10.0 Å². The molecule has 134 valence electrons. The number of amides is 2. The van der Waals surface area contributed by atoms with Gasteiger partial charge in [-0.3, -0.25) is 14.3 Å². The largest absolute Gasteiger partial charge is 0.332 e. The smallest absolute Gasteiger partial charge is 0.264 e. The molecule has 0 saturated heterocycles. The van der Waals surface area contributed by atoms with Crippen molar-refractivity contribution >= 4 is 44.5 Å². The van der Waals surface area contributed by atoms with Crippen LogP contribution in [0.5, 0.6) is 0 Å². The number of carbonyl (C=O) groups excluding carboxylic acids is 2. The number of nitrogens with zero attached hydrogens (tertiary/aromatic N) is 1. The first-order valence-electron chi connectivity index (χ1n) is 7.50. The summed E-state index contributed by atoms with van der Waals surface area (Å²) in [5.74, 6) is -0.570.